The van der Waals surface area contributed by atoms with E-state index in [0.29, 0.717) is 21.7 Å². The molecule has 2 aromatic rings. The van der Waals surface area contributed by atoms with Crippen molar-refractivity contribution in [3.63, 3.8) is 0 Å². The number of hydrogen-bond donors (Lipinski definition) is 1. The van der Waals surface area contributed by atoms with Gasteiger partial charge >= 0.3 is 0 Å². The van der Waals surface area contributed by atoms with Gasteiger partial charge < -0.3 is 10.5 Å². The highest BCUT2D eigenvalue weighted by molar-refractivity contribution is 9.10. The molecule has 2 rings (SSSR count). The molecule has 0 aliphatic rings. The van der Waals surface area contributed by atoms with Crippen LogP contribution in [0, 0.1) is 5.82 Å². The lowest BCUT2D eigenvalue weighted by Crippen LogP contribution is -1.93. The van der Waals surface area contributed by atoms with Crippen LogP contribution in [0.2, 0.25) is 5.02 Å². The Labute approximate surface area is 125 Å². The standard InChI is InChI=1S/C12H7Br2ClFNO/c13-6-1-2-10(17)12(3-6)18-11-5-9(16)8(15)4-7(11)14/h1-5H,17H2. The molecule has 18 heavy (non-hydrogen) atoms. The topological polar surface area (TPSA) is 35.2 Å². The second-order valence-corrected chi connectivity index (χ2v) is 5.66. The lowest BCUT2D eigenvalue weighted by Gasteiger charge is -2.11. The van der Waals surface area contributed by atoms with Gasteiger partial charge in [-0.1, -0.05) is 27.5 Å². The second-order valence-electron chi connectivity index (χ2n) is 3.48. The zero-order valence-electron chi connectivity index (χ0n) is 8.88. The molecule has 0 aliphatic heterocycles. The van der Waals surface area contributed by atoms with E-state index in [4.69, 9.17) is 22.1 Å². The van der Waals surface area contributed by atoms with E-state index in [2.05, 4.69) is 31.9 Å². The fraction of sp³-hybridized carbons (Fsp3) is 0. The molecule has 94 valence electrons. The van der Waals surface area contributed by atoms with Crippen molar-refractivity contribution in [2.24, 2.45) is 0 Å². The van der Waals surface area contributed by atoms with Gasteiger partial charge in [-0.25, -0.2) is 4.39 Å². The first kappa shape index (κ1) is 13.6. The molecular formula is C12H7Br2ClFNO. The van der Waals surface area contributed by atoms with Crippen LogP contribution in [-0.4, -0.2) is 0 Å². The van der Waals surface area contributed by atoms with Crippen molar-refractivity contribution in [2.75, 3.05) is 5.73 Å². The fourth-order valence-electron chi connectivity index (χ4n) is 1.30. The molecule has 0 aliphatic carbocycles. The summed E-state index contributed by atoms with van der Waals surface area (Å²) in [7, 11) is 0. The first-order chi connectivity index (χ1) is 8.47. The highest BCUT2D eigenvalue weighted by Crippen LogP contribution is 2.36. The minimum Gasteiger partial charge on any atom is -0.454 e. The Bertz CT molecular complexity index is 607. The molecule has 2 nitrogen and oxygen atoms in total. The lowest BCUT2D eigenvalue weighted by atomic mass is 10.3. The molecule has 0 radical (unpaired) electrons. The summed E-state index contributed by atoms with van der Waals surface area (Å²) >= 11 is 12.2. The highest BCUT2D eigenvalue weighted by atomic mass is 79.9. The van der Waals surface area contributed by atoms with Crippen LogP contribution in [0.15, 0.2) is 39.3 Å². The van der Waals surface area contributed by atoms with Crippen LogP contribution in [0.5, 0.6) is 11.5 Å². The molecule has 0 saturated heterocycles. The van der Waals surface area contributed by atoms with E-state index in [1.165, 1.54) is 12.1 Å². The van der Waals surface area contributed by atoms with Crippen LogP contribution >= 0.6 is 43.5 Å². The quantitative estimate of drug-likeness (QED) is 0.547. The molecule has 0 heterocycles. The molecule has 0 amide bonds. The molecule has 0 unspecified atom stereocenters. The van der Waals surface area contributed by atoms with E-state index in [1.54, 1.807) is 18.2 Å². The number of nitrogen functional groups attached to an aromatic ring is 1. The third-order valence-electron chi connectivity index (χ3n) is 2.17. The van der Waals surface area contributed by atoms with Gasteiger partial charge in [0.25, 0.3) is 0 Å². The van der Waals surface area contributed by atoms with Crippen LogP contribution in [0.1, 0.15) is 0 Å². The van der Waals surface area contributed by atoms with Gasteiger partial charge in [0, 0.05) is 10.5 Å². The average molecular weight is 395 g/mol. The van der Waals surface area contributed by atoms with E-state index in [-0.39, 0.29) is 5.02 Å². The van der Waals surface area contributed by atoms with Gasteiger partial charge in [-0.2, -0.15) is 0 Å². The Kier molecular flexibility index (Phi) is 4.14. The fourth-order valence-corrected chi connectivity index (χ4v) is 2.36. The van der Waals surface area contributed by atoms with Crippen molar-refractivity contribution in [3.05, 3.63) is 50.1 Å². The molecule has 0 bridgehead atoms. The first-order valence-electron chi connectivity index (χ1n) is 4.85. The Morgan fingerprint density at radius 3 is 2.56 bits per heavy atom. The van der Waals surface area contributed by atoms with Crippen molar-refractivity contribution in [3.8, 4) is 11.5 Å². The minimum absolute atomic E-state index is 0.0245. The van der Waals surface area contributed by atoms with Crippen molar-refractivity contribution in [1.82, 2.24) is 0 Å². The number of ether oxygens (including phenoxy) is 1. The summed E-state index contributed by atoms with van der Waals surface area (Å²) in [5, 5.41) is 0.0245. The summed E-state index contributed by atoms with van der Waals surface area (Å²) in [4.78, 5) is 0. The van der Waals surface area contributed by atoms with E-state index < -0.39 is 5.82 Å². The number of benzene rings is 2. The Hall–Kier alpha value is -0.780. The predicted molar refractivity (Wildman–Crippen MR) is 77.7 cm³/mol. The van der Waals surface area contributed by atoms with Crippen molar-refractivity contribution in [2.45, 2.75) is 0 Å². The summed E-state index contributed by atoms with van der Waals surface area (Å²) in [6.45, 7) is 0. The number of rotatable bonds is 2. The molecule has 0 spiro atoms. The van der Waals surface area contributed by atoms with Crippen LogP contribution < -0.4 is 10.5 Å². The number of hydrogen-bond acceptors (Lipinski definition) is 2. The van der Waals surface area contributed by atoms with Crippen molar-refractivity contribution >= 4 is 49.1 Å². The van der Waals surface area contributed by atoms with Crippen LogP contribution in [0.4, 0.5) is 10.1 Å². The van der Waals surface area contributed by atoms with Gasteiger partial charge in [0.2, 0.25) is 0 Å². The Morgan fingerprint density at radius 1 is 1.11 bits per heavy atom. The zero-order valence-corrected chi connectivity index (χ0v) is 12.8. The minimum atomic E-state index is -0.552. The number of nitrogens with two attached hydrogens (primary N) is 1. The summed E-state index contributed by atoms with van der Waals surface area (Å²) in [5.41, 5.74) is 6.23. The van der Waals surface area contributed by atoms with Crippen LogP contribution in [-0.2, 0) is 0 Å². The second kappa shape index (κ2) is 5.47. The first-order valence-corrected chi connectivity index (χ1v) is 6.81. The molecule has 0 aromatic heterocycles. The smallest absolute Gasteiger partial charge is 0.151 e. The molecule has 0 saturated carbocycles. The maximum absolute atomic E-state index is 13.4. The van der Waals surface area contributed by atoms with Gasteiger partial charge in [-0.15, -0.1) is 0 Å². The molecular weight excluding hydrogens is 388 g/mol. The highest BCUT2D eigenvalue weighted by Gasteiger charge is 2.10. The maximum Gasteiger partial charge on any atom is 0.151 e. The molecule has 0 atom stereocenters. The summed E-state index contributed by atoms with van der Waals surface area (Å²) in [6.07, 6.45) is 0. The van der Waals surface area contributed by atoms with E-state index in [1.807, 2.05) is 0 Å². The van der Waals surface area contributed by atoms with E-state index in [9.17, 15) is 4.39 Å². The largest absolute Gasteiger partial charge is 0.454 e. The number of anilines is 1. The predicted octanol–water partition coefficient (Wildman–Crippen LogP) is 5.38. The van der Waals surface area contributed by atoms with E-state index >= 15 is 0 Å². The molecule has 2 aromatic carbocycles. The molecule has 0 fully saturated rings. The van der Waals surface area contributed by atoms with Gasteiger partial charge in [-0.05, 0) is 40.2 Å². The van der Waals surface area contributed by atoms with Crippen LogP contribution in [0.3, 0.4) is 0 Å². The van der Waals surface area contributed by atoms with Gasteiger partial charge in [0.1, 0.15) is 11.6 Å². The summed E-state index contributed by atoms with van der Waals surface area (Å²) in [6, 6.07) is 7.82. The lowest BCUT2D eigenvalue weighted by molar-refractivity contribution is 0.475. The van der Waals surface area contributed by atoms with Gasteiger partial charge in [0.15, 0.2) is 5.75 Å². The summed E-state index contributed by atoms with van der Waals surface area (Å²) in [5.74, 6) is 0.192. The monoisotopic (exact) mass is 393 g/mol. The van der Waals surface area contributed by atoms with Crippen molar-refractivity contribution in [1.29, 1.82) is 0 Å². The zero-order chi connectivity index (χ0) is 13.3. The Balaban J connectivity index is 2.40. The third kappa shape index (κ3) is 2.96. The SMILES string of the molecule is Nc1ccc(Br)cc1Oc1cc(F)c(Cl)cc1Br. The summed E-state index contributed by atoms with van der Waals surface area (Å²) < 4.78 is 20.3. The normalized spacial score (nSPS) is 10.4. The maximum atomic E-state index is 13.4. The number of halogens is 4. The average Bonchev–Trinajstić information content (AvgIpc) is 2.30. The van der Waals surface area contributed by atoms with Gasteiger partial charge in [-0.3, -0.25) is 0 Å². The third-order valence-corrected chi connectivity index (χ3v) is 3.57. The van der Waals surface area contributed by atoms with E-state index in [0.717, 1.165) is 4.47 Å². The van der Waals surface area contributed by atoms with Crippen molar-refractivity contribution < 1.29 is 9.13 Å². The van der Waals surface area contributed by atoms with Crippen LogP contribution in [0.25, 0.3) is 0 Å². The Morgan fingerprint density at radius 2 is 1.83 bits per heavy atom. The molecule has 6 heteroatoms. The molecule has 2 N–H and O–H groups in total. The van der Waals surface area contributed by atoms with Gasteiger partial charge in [0.05, 0.1) is 15.2 Å².